The number of rotatable bonds is 4. The van der Waals surface area contributed by atoms with Gasteiger partial charge in [0.25, 0.3) is 0 Å². The zero-order chi connectivity index (χ0) is 19.5. The van der Waals surface area contributed by atoms with Crippen molar-refractivity contribution in [2.45, 2.75) is 33.4 Å². The Hall–Kier alpha value is -2.43. The normalized spacial score (nSPS) is 16.4. The quantitative estimate of drug-likeness (QED) is 0.642. The van der Waals surface area contributed by atoms with Crippen molar-refractivity contribution in [3.63, 3.8) is 0 Å². The van der Waals surface area contributed by atoms with Crippen molar-refractivity contribution in [1.82, 2.24) is 9.80 Å². The Morgan fingerprint density at radius 3 is 2.36 bits per heavy atom. The molecule has 2 aromatic carbocycles. The molecular weight excluding hydrogens is 348 g/mol. The Kier molecular flexibility index (Phi) is 5.60. The van der Waals surface area contributed by atoms with E-state index in [2.05, 4.69) is 59.2 Å². The average molecular weight is 377 g/mol. The molecule has 28 heavy (non-hydrogen) atoms. The lowest BCUT2D eigenvalue weighted by Gasteiger charge is -2.22. The van der Waals surface area contributed by atoms with Crippen LogP contribution in [0.3, 0.4) is 0 Å². The highest BCUT2D eigenvalue weighted by atomic mass is 16.4. The van der Waals surface area contributed by atoms with Crippen molar-refractivity contribution in [2.24, 2.45) is 0 Å². The Morgan fingerprint density at radius 1 is 0.893 bits per heavy atom. The van der Waals surface area contributed by atoms with E-state index in [1.807, 2.05) is 6.92 Å². The fourth-order valence-corrected chi connectivity index (χ4v) is 4.08. The molecule has 1 fully saturated rings. The molecule has 0 spiro atoms. The minimum atomic E-state index is -0.253. The third kappa shape index (κ3) is 4.18. The standard InChI is InChI=1S/C24H28N2O2/c1-18-9-10-22-21(15-23(27)28-24(22)19(18)2)17-26-12-6-11-25(13-14-26)16-20-7-4-3-5-8-20/h3-5,7-10,15H,6,11-14,16-17H2,1-2H3. The van der Waals surface area contributed by atoms with Crippen molar-refractivity contribution in [3.8, 4) is 0 Å². The lowest BCUT2D eigenvalue weighted by atomic mass is 10.0. The summed E-state index contributed by atoms with van der Waals surface area (Å²) >= 11 is 0. The van der Waals surface area contributed by atoms with Crippen molar-refractivity contribution >= 4 is 11.0 Å². The Balaban J connectivity index is 1.49. The zero-order valence-corrected chi connectivity index (χ0v) is 16.8. The van der Waals surface area contributed by atoms with E-state index >= 15 is 0 Å². The summed E-state index contributed by atoms with van der Waals surface area (Å²) in [4.78, 5) is 17.1. The van der Waals surface area contributed by atoms with Crippen LogP contribution in [0.1, 0.15) is 28.7 Å². The van der Waals surface area contributed by atoms with Crippen LogP contribution in [0.2, 0.25) is 0 Å². The third-order valence-electron chi connectivity index (χ3n) is 5.84. The molecule has 0 radical (unpaired) electrons. The molecule has 0 unspecified atom stereocenters. The Bertz CT molecular complexity index is 1010. The molecule has 4 nitrogen and oxygen atoms in total. The van der Waals surface area contributed by atoms with E-state index in [-0.39, 0.29) is 5.63 Å². The predicted octanol–water partition coefficient (Wildman–Crippen LogP) is 4.12. The number of fused-ring (bicyclic) bond motifs is 1. The second-order valence-electron chi connectivity index (χ2n) is 7.87. The summed E-state index contributed by atoms with van der Waals surface area (Å²) in [5, 5.41) is 1.06. The second-order valence-corrected chi connectivity index (χ2v) is 7.87. The molecule has 0 bridgehead atoms. The van der Waals surface area contributed by atoms with Gasteiger partial charge in [-0.25, -0.2) is 4.79 Å². The van der Waals surface area contributed by atoms with Crippen LogP contribution in [0, 0.1) is 13.8 Å². The number of hydrogen-bond acceptors (Lipinski definition) is 4. The van der Waals surface area contributed by atoms with E-state index in [0.29, 0.717) is 0 Å². The number of aryl methyl sites for hydroxylation is 2. The third-order valence-corrected chi connectivity index (χ3v) is 5.84. The molecule has 1 aromatic heterocycles. The number of hydrogen-bond donors (Lipinski definition) is 0. The van der Waals surface area contributed by atoms with Gasteiger partial charge in [0.15, 0.2) is 0 Å². The molecule has 1 aliphatic rings. The van der Waals surface area contributed by atoms with Crippen LogP contribution < -0.4 is 5.63 Å². The Morgan fingerprint density at radius 2 is 1.61 bits per heavy atom. The van der Waals surface area contributed by atoms with E-state index in [1.165, 1.54) is 5.56 Å². The molecule has 2 heterocycles. The van der Waals surface area contributed by atoms with Gasteiger partial charge in [-0.15, -0.1) is 0 Å². The summed E-state index contributed by atoms with van der Waals surface area (Å²) in [6.07, 6.45) is 1.14. The first-order valence-electron chi connectivity index (χ1n) is 10.1. The highest BCUT2D eigenvalue weighted by Gasteiger charge is 2.17. The van der Waals surface area contributed by atoms with Crippen LogP contribution in [0.4, 0.5) is 0 Å². The maximum absolute atomic E-state index is 12.1. The largest absolute Gasteiger partial charge is 0.422 e. The maximum Gasteiger partial charge on any atom is 0.336 e. The smallest absolute Gasteiger partial charge is 0.336 e. The van der Waals surface area contributed by atoms with Crippen molar-refractivity contribution in [2.75, 3.05) is 26.2 Å². The first kappa shape index (κ1) is 18.9. The van der Waals surface area contributed by atoms with Gasteiger partial charge in [-0.05, 0) is 55.6 Å². The average Bonchev–Trinajstić information content (AvgIpc) is 2.91. The highest BCUT2D eigenvalue weighted by Crippen LogP contribution is 2.24. The summed E-state index contributed by atoms with van der Waals surface area (Å²) in [5.74, 6) is 0. The molecule has 146 valence electrons. The van der Waals surface area contributed by atoms with Crippen LogP contribution in [0.25, 0.3) is 11.0 Å². The molecule has 0 N–H and O–H groups in total. The SMILES string of the molecule is Cc1ccc2c(CN3CCCN(Cc4ccccc4)CC3)cc(=O)oc2c1C. The lowest BCUT2D eigenvalue weighted by Crippen LogP contribution is -2.30. The van der Waals surface area contributed by atoms with Gasteiger partial charge in [0.2, 0.25) is 0 Å². The molecule has 1 aliphatic heterocycles. The zero-order valence-electron chi connectivity index (χ0n) is 16.8. The monoisotopic (exact) mass is 376 g/mol. The van der Waals surface area contributed by atoms with E-state index in [0.717, 1.165) is 73.3 Å². The molecule has 0 saturated carbocycles. The second kappa shape index (κ2) is 8.29. The molecule has 0 atom stereocenters. The van der Waals surface area contributed by atoms with Crippen molar-refractivity contribution in [1.29, 1.82) is 0 Å². The highest BCUT2D eigenvalue weighted by molar-refractivity contribution is 5.83. The van der Waals surface area contributed by atoms with Gasteiger partial charge in [0.1, 0.15) is 5.58 Å². The van der Waals surface area contributed by atoms with Crippen LogP contribution in [-0.4, -0.2) is 36.0 Å². The summed E-state index contributed by atoms with van der Waals surface area (Å²) in [6.45, 7) is 10.1. The predicted molar refractivity (Wildman–Crippen MR) is 114 cm³/mol. The van der Waals surface area contributed by atoms with Gasteiger partial charge in [-0.1, -0.05) is 42.5 Å². The van der Waals surface area contributed by atoms with Gasteiger partial charge >= 0.3 is 5.63 Å². The van der Waals surface area contributed by atoms with Crippen LogP contribution in [-0.2, 0) is 13.1 Å². The molecule has 0 aliphatic carbocycles. The summed E-state index contributed by atoms with van der Waals surface area (Å²) in [5.41, 5.74) is 5.14. The maximum atomic E-state index is 12.1. The fourth-order valence-electron chi connectivity index (χ4n) is 4.08. The summed E-state index contributed by atoms with van der Waals surface area (Å²) in [7, 11) is 0. The van der Waals surface area contributed by atoms with E-state index in [9.17, 15) is 4.79 Å². The minimum Gasteiger partial charge on any atom is -0.422 e. The van der Waals surface area contributed by atoms with E-state index < -0.39 is 0 Å². The topological polar surface area (TPSA) is 36.7 Å². The molecule has 3 aromatic rings. The van der Waals surface area contributed by atoms with Crippen molar-refractivity contribution in [3.05, 3.63) is 81.2 Å². The summed E-state index contributed by atoms with van der Waals surface area (Å²) in [6, 6.07) is 16.6. The van der Waals surface area contributed by atoms with Gasteiger partial charge in [-0.3, -0.25) is 9.80 Å². The molecular formula is C24H28N2O2. The number of benzene rings is 2. The van der Waals surface area contributed by atoms with Crippen LogP contribution >= 0.6 is 0 Å². The molecule has 1 saturated heterocycles. The van der Waals surface area contributed by atoms with Gasteiger partial charge in [0.05, 0.1) is 0 Å². The fraction of sp³-hybridized carbons (Fsp3) is 0.375. The molecule has 4 heteroatoms. The molecule has 0 amide bonds. The minimum absolute atomic E-state index is 0.253. The van der Waals surface area contributed by atoms with Crippen LogP contribution in [0.15, 0.2) is 57.7 Å². The first-order valence-corrected chi connectivity index (χ1v) is 10.1. The summed E-state index contributed by atoms with van der Waals surface area (Å²) < 4.78 is 5.53. The van der Waals surface area contributed by atoms with Crippen molar-refractivity contribution < 1.29 is 4.42 Å². The first-order chi connectivity index (χ1) is 13.6. The number of nitrogens with zero attached hydrogens (tertiary/aromatic N) is 2. The Labute approximate surface area is 166 Å². The van der Waals surface area contributed by atoms with Crippen LogP contribution in [0.5, 0.6) is 0 Å². The van der Waals surface area contributed by atoms with Gasteiger partial charge < -0.3 is 4.42 Å². The van der Waals surface area contributed by atoms with E-state index in [4.69, 9.17) is 4.42 Å². The lowest BCUT2D eigenvalue weighted by molar-refractivity contribution is 0.247. The van der Waals surface area contributed by atoms with Gasteiger partial charge in [-0.2, -0.15) is 0 Å². The van der Waals surface area contributed by atoms with Gasteiger partial charge in [0, 0.05) is 37.6 Å². The van der Waals surface area contributed by atoms with E-state index in [1.54, 1.807) is 6.07 Å². The molecule has 4 rings (SSSR count).